The van der Waals surface area contributed by atoms with Gasteiger partial charge in [-0.05, 0) is 37.1 Å². The Morgan fingerprint density at radius 1 is 1.12 bits per heavy atom. The van der Waals surface area contributed by atoms with Crippen LogP contribution < -0.4 is 5.56 Å². The lowest BCUT2D eigenvalue weighted by Gasteiger charge is -2.10. The van der Waals surface area contributed by atoms with Gasteiger partial charge in [0.05, 0.1) is 0 Å². The lowest BCUT2D eigenvalue weighted by molar-refractivity contribution is 0.725. The Bertz CT molecular complexity index is 913. The second-order valence-electron chi connectivity index (χ2n) is 6.10. The molecule has 128 valence electrons. The maximum absolute atomic E-state index is 13.0. The highest BCUT2D eigenvalue weighted by Crippen LogP contribution is 2.19. The molecule has 3 rings (SSSR count). The number of aromatic nitrogens is 3. The van der Waals surface area contributed by atoms with Gasteiger partial charge < -0.3 is 0 Å². The zero-order valence-corrected chi connectivity index (χ0v) is 14.6. The Labute approximate surface area is 147 Å². The molecule has 0 spiro atoms. The second kappa shape index (κ2) is 8.38. The summed E-state index contributed by atoms with van der Waals surface area (Å²) >= 11 is 0. The Hall–Kier alpha value is -2.75. The third-order valence-corrected chi connectivity index (χ3v) is 4.25. The van der Waals surface area contributed by atoms with E-state index in [1.165, 1.54) is 19.3 Å². The van der Waals surface area contributed by atoms with Crippen LogP contribution in [-0.2, 0) is 6.54 Å². The minimum atomic E-state index is -0.0302. The fraction of sp³-hybridized carbons (Fsp3) is 0.286. The molecule has 0 fully saturated rings. The highest BCUT2D eigenvalue weighted by Gasteiger charge is 2.11. The Morgan fingerprint density at radius 3 is 2.80 bits per heavy atom. The molecule has 0 aliphatic carbocycles. The van der Waals surface area contributed by atoms with E-state index in [2.05, 4.69) is 29.0 Å². The van der Waals surface area contributed by atoms with Crippen LogP contribution in [-0.4, -0.2) is 14.5 Å². The van der Waals surface area contributed by atoms with Crippen LogP contribution in [0.1, 0.15) is 32.6 Å². The average molecular weight is 333 g/mol. The number of fused-ring (bicyclic) bond motifs is 1. The average Bonchev–Trinajstić information content (AvgIpc) is 2.66. The second-order valence-corrected chi connectivity index (χ2v) is 6.10. The van der Waals surface area contributed by atoms with Gasteiger partial charge >= 0.3 is 0 Å². The predicted octanol–water partition coefficient (Wildman–Crippen LogP) is 4.60. The minimum Gasteiger partial charge on any atom is -0.288 e. The van der Waals surface area contributed by atoms with Crippen LogP contribution in [0.4, 0.5) is 0 Å². The number of allylic oxidation sites excluding steroid dienone is 2. The third kappa shape index (κ3) is 4.02. The van der Waals surface area contributed by atoms with E-state index in [4.69, 9.17) is 0 Å². The zero-order chi connectivity index (χ0) is 17.5. The van der Waals surface area contributed by atoms with Crippen LogP contribution in [0.2, 0.25) is 0 Å². The fourth-order valence-corrected chi connectivity index (χ4v) is 2.91. The summed E-state index contributed by atoms with van der Waals surface area (Å²) in [5.74, 6) is 0. The predicted molar refractivity (Wildman–Crippen MR) is 103 cm³/mol. The van der Waals surface area contributed by atoms with Gasteiger partial charge in [-0.3, -0.25) is 14.3 Å². The highest BCUT2D eigenvalue weighted by molar-refractivity contribution is 5.81. The van der Waals surface area contributed by atoms with Gasteiger partial charge in [0.15, 0.2) is 0 Å². The molecule has 0 aliphatic heterocycles. The van der Waals surface area contributed by atoms with Gasteiger partial charge in [-0.25, -0.2) is 4.98 Å². The number of hydrogen-bond acceptors (Lipinski definition) is 3. The maximum atomic E-state index is 13.0. The lowest BCUT2D eigenvalue weighted by atomic mass is 10.1. The van der Waals surface area contributed by atoms with Crippen molar-refractivity contribution in [2.75, 3.05) is 0 Å². The first kappa shape index (κ1) is 17.1. The van der Waals surface area contributed by atoms with E-state index in [1.54, 1.807) is 23.2 Å². The van der Waals surface area contributed by atoms with Gasteiger partial charge in [-0.1, -0.05) is 38.0 Å². The number of pyridine rings is 3. The summed E-state index contributed by atoms with van der Waals surface area (Å²) in [5.41, 5.74) is 2.18. The Kier molecular flexibility index (Phi) is 5.73. The quantitative estimate of drug-likeness (QED) is 0.469. The summed E-state index contributed by atoms with van der Waals surface area (Å²) in [6, 6.07) is 9.55. The summed E-state index contributed by atoms with van der Waals surface area (Å²) in [4.78, 5) is 21.6. The van der Waals surface area contributed by atoms with Crippen molar-refractivity contribution in [3.63, 3.8) is 0 Å². The van der Waals surface area contributed by atoms with E-state index < -0.39 is 0 Å². The van der Waals surface area contributed by atoms with Crippen molar-refractivity contribution >= 4 is 11.0 Å². The molecule has 3 heterocycles. The molecule has 0 aromatic carbocycles. The number of rotatable bonds is 7. The smallest absolute Gasteiger partial charge is 0.260 e. The van der Waals surface area contributed by atoms with Crippen molar-refractivity contribution in [1.82, 2.24) is 14.5 Å². The monoisotopic (exact) mass is 333 g/mol. The molecule has 0 N–H and O–H groups in total. The highest BCUT2D eigenvalue weighted by atomic mass is 16.1. The van der Waals surface area contributed by atoms with Crippen LogP contribution in [0, 0.1) is 0 Å². The SMILES string of the molecule is CCCCCC=CCn1c(=O)c(-c2cccnc2)cc2cccnc21. The summed E-state index contributed by atoms with van der Waals surface area (Å²) in [6.45, 7) is 2.73. The van der Waals surface area contributed by atoms with Gasteiger partial charge in [0.2, 0.25) is 0 Å². The van der Waals surface area contributed by atoms with Crippen LogP contribution in [0.3, 0.4) is 0 Å². The van der Waals surface area contributed by atoms with Gasteiger partial charge in [-0.2, -0.15) is 0 Å². The van der Waals surface area contributed by atoms with Crippen LogP contribution in [0.15, 0.2) is 65.9 Å². The molecule has 3 aromatic rings. The van der Waals surface area contributed by atoms with Crippen molar-refractivity contribution in [2.24, 2.45) is 0 Å². The first-order chi connectivity index (χ1) is 12.3. The van der Waals surface area contributed by atoms with E-state index in [9.17, 15) is 4.79 Å². The lowest BCUT2D eigenvalue weighted by Crippen LogP contribution is -2.22. The topological polar surface area (TPSA) is 47.8 Å². The first-order valence-corrected chi connectivity index (χ1v) is 8.85. The molecule has 0 unspecified atom stereocenters. The molecule has 0 saturated heterocycles. The molecule has 0 aliphatic rings. The van der Waals surface area contributed by atoms with Crippen molar-refractivity contribution in [3.05, 3.63) is 71.4 Å². The molecule has 0 radical (unpaired) electrons. The summed E-state index contributed by atoms with van der Waals surface area (Å²) in [5, 5.41) is 0.959. The third-order valence-electron chi connectivity index (χ3n) is 4.25. The van der Waals surface area contributed by atoms with Crippen LogP contribution >= 0.6 is 0 Å². The van der Waals surface area contributed by atoms with E-state index in [1.807, 2.05) is 30.3 Å². The van der Waals surface area contributed by atoms with Gasteiger partial charge in [0, 0.05) is 41.6 Å². The largest absolute Gasteiger partial charge is 0.288 e. The molecule has 0 bridgehead atoms. The van der Waals surface area contributed by atoms with E-state index in [0.717, 1.165) is 23.0 Å². The van der Waals surface area contributed by atoms with Crippen LogP contribution in [0.5, 0.6) is 0 Å². The van der Waals surface area contributed by atoms with Gasteiger partial charge in [-0.15, -0.1) is 0 Å². The van der Waals surface area contributed by atoms with Crippen LogP contribution in [0.25, 0.3) is 22.2 Å². The molecule has 3 aromatic heterocycles. The number of nitrogens with zero attached hydrogens (tertiary/aromatic N) is 3. The molecule has 4 heteroatoms. The Balaban J connectivity index is 1.98. The zero-order valence-electron chi connectivity index (χ0n) is 14.6. The first-order valence-electron chi connectivity index (χ1n) is 8.85. The summed E-state index contributed by atoms with van der Waals surface area (Å²) < 4.78 is 1.74. The summed E-state index contributed by atoms with van der Waals surface area (Å²) in [6.07, 6.45) is 14.1. The Morgan fingerprint density at radius 2 is 2.00 bits per heavy atom. The molecule has 4 nitrogen and oxygen atoms in total. The van der Waals surface area contributed by atoms with Crippen molar-refractivity contribution < 1.29 is 0 Å². The van der Waals surface area contributed by atoms with Gasteiger partial charge in [0.1, 0.15) is 5.65 Å². The van der Waals surface area contributed by atoms with E-state index in [-0.39, 0.29) is 5.56 Å². The van der Waals surface area contributed by atoms with Gasteiger partial charge in [0.25, 0.3) is 5.56 Å². The normalized spacial score (nSPS) is 11.4. The van der Waals surface area contributed by atoms with Crippen molar-refractivity contribution in [2.45, 2.75) is 39.2 Å². The standard InChI is InChI=1S/C21H23N3O/c1-2-3-4-5-6-7-14-24-20-17(10-9-13-23-20)15-19(21(24)25)18-11-8-12-22-16-18/h6-13,15-16H,2-5,14H2,1H3. The fourth-order valence-electron chi connectivity index (χ4n) is 2.91. The molecular weight excluding hydrogens is 310 g/mol. The number of unbranched alkanes of at least 4 members (excludes halogenated alkanes) is 3. The molecule has 0 saturated carbocycles. The molecule has 0 amide bonds. The van der Waals surface area contributed by atoms with Crippen molar-refractivity contribution in [3.8, 4) is 11.1 Å². The minimum absolute atomic E-state index is 0.0302. The molecule has 25 heavy (non-hydrogen) atoms. The van der Waals surface area contributed by atoms with E-state index >= 15 is 0 Å². The maximum Gasteiger partial charge on any atom is 0.260 e. The number of hydrogen-bond donors (Lipinski definition) is 0. The molecular formula is C21H23N3O. The summed E-state index contributed by atoms with van der Waals surface area (Å²) in [7, 11) is 0. The van der Waals surface area contributed by atoms with E-state index in [0.29, 0.717) is 12.1 Å². The van der Waals surface area contributed by atoms with Crippen molar-refractivity contribution in [1.29, 1.82) is 0 Å². The molecule has 0 atom stereocenters.